The monoisotopic (exact) mass is 326 g/mol. The van der Waals surface area contributed by atoms with Gasteiger partial charge < -0.3 is 5.21 Å². The van der Waals surface area contributed by atoms with Crippen molar-refractivity contribution in [1.82, 2.24) is 0 Å². The predicted molar refractivity (Wildman–Crippen MR) is 82.7 cm³/mol. The highest BCUT2D eigenvalue weighted by atomic mass is 35.5. The molecular weight excluding hydrogens is 319 g/mol. The summed E-state index contributed by atoms with van der Waals surface area (Å²) in [5.41, 5.74) is 0.994. The lowest BCUT2D eigenvalue weighted by atomic mass is 10.2. The Morgan fingerprint density at radius 2 is 1.60 bits per heavy atom. The molecule has 2 aromatic carbocycles. The van der Waals surface area contributed by atoms with E-state index in [1.807, 2.05) is 30.3 Å². The van der Waals surface area contributed by atoms with Gasteiger partial charge in [0, 0.05) is 10.1 Å². The van der Waals surface area contributed by atoms with Gasteiger partial charge in [-0.3, -0.25) is 0 Å². The Labute approximate surface area is 131 Å². The van der Waals surface area contributed by atoms with E-state index in [9.17, 15) is 5.21 Å². The molecule has 0 fully saturated rings. The lowest BCUT2D eigenvalue weighted by Crippen LogP contribution is -1.92. The van der Waals surface area contributed by atoms with Gasteiger partial charge in [0.2, 0.25) is 0 Å². The van der Waals surface area contributed by atoms with Gasteiger partial charge >= 0.3 is 0 Å². The van der Waals surface area contributed by atoms with E-state index in [-0.39, 0.29) is 15.7 Å². The molecule has 6 heteroatoms. The summed E-state index contributed by atoms with van der Waals surface area (Å²) >= 11 is 17.6. The van der Waals surface area contributed by atoms with E-state index in [1.54, 1.807) is 6.08 Å². The zero-order valence-electron chi connectivity index (χ0n) is 10.1. The maximum absolute atomic E-state index is 11.9. The largest absolute Gasteiger partial charge is 0.594 e. The number of hydrogen-bond acceptors (Lipinski definition) is 2. The van der Waals surface area contributed by atoms with Crippen molar-refractivity contribution in [2.24, 2.45) is 5.11 Å². The molecule has 102 valence electrons. The summed E-state index contributed by atoms with van der Waals surface area (Å²) in [7, 11) is 0. The normalized spacial score (nSPS) is 12.1. The van der Waals surface area contributed by atoms with Gasteiger partial charge in [0.05, 0.1) is 6.20 Å². The fraction of sp³-hybridized carbons (Fsp3) is 0. The molecule has 0 unspecified atom stereocenters. The Balaban J connectivity index is 2.26. The molecule has 0 heterocycles. The number of benzene rings is 2. The molecule has 0 radical (unpaired) electrons. The van der Waals surface area contributed by atoms with Gasteiger partial charge in [-0.1, -0.05) is 65.1 Å². The molecule has 2 rings (SSSR count). The first-order valence-electron chi connectivity index (χ1n) is 5.62. The van der Waals surface area contributed by atoms with Gasteiger partial charge in [-0.05, 0) is 28.6 Å². The van der Waals surface area contributed by atoms with Crippen molar-refractivity contribution in [3.05, 3.63) is 74.5 Å². The third-order valence-corrected chi connectivity index (χ3v) is 3.21. The molecule has 2 aromatic rings. The Morgan fingerprint density at radius 3 is 2.20 bits per heavy atom. The van der Waals surface area contributed by atoms with Gasteiger partial charge in [0.25, 0.3) is 5.69 Å². The zero-order chi connectivity index (χ0) is 14.5. The van der Waals surface area contributed by atoms with Crippen molar-refractivity contribution < 1.29 is 4.86 Å². The Kier molecular flexibility index (Phi) is 5.01. The highest BCUT2D eigenvalue weighted by molar-refractivity contribution is 6.40. The molecule has 0 aliphatic carbocycles. The van der Waals surface area contributed by atoms with Crippen LogP contribution >= 0.6 is 34.8 Å². The van der Waals surface area contributed by atoms with Crippen LogP contribution in [0.5, 0.6) is 0 Å². The first-order valence-corrected chi connectivity index (χ1v) is 6.75. The SMILES string of the molecule is [O-][N+](=N/C=C/c1ccccc1)c1c(Cl)cc(Cl)cc1Cl. The minimum Gasteiger partial charge on any atom is -0.594 e. The first kappa shape index (κ1) is 14.9. The van der Waals surface area contributed by atoms with Crippen LogP contribution in [0.3, 0.4) is 0 Å². The third-order valence-electron chi connectivity index (χ3n) is 2.41. The fourth-order valence-corrected chi connectivity index (χ4v) is 2.48. The molecule has 0 bridgehead atoms. The minimum atomic E-state index is 0.0652. The Bertz CT molecular complexity index is 646. The fourth-order valence-electron chi connectivity index (χ4n) is 1.52. The average molecular weight is 328 g/mol. The van der Waals surface area contributed by atoms with Gasteiger partial charge in [0.1, 0.15) is 10.0 Å². The molecule has 3 nitrogen and oxygen atoms in total. The van der Waals surface area contributed by atoms with E-state index >= 15 is 0 Å². The van der Waals surface area contributed by atoms with Crippen LogP contribution in [-0.2, 0) is 0 Å². The van der Waals surface area contributed by atoms with Crippen LogP contribution in [-0.4, -0.2) is 4.86 Å². The molecule has 20 heavy (non-hydrogen) atoms. The summed E-state index contributed by atoms with van der Waals surface area (Å²) < 4.78 is 0. The molecule has 0 aliphatic heterocycles. The van der Waals surface area contributed by atoms with Crippen LogP contribution < -0.4 is 0 Å². The summed E-state index contributed by atoms with van der Waals surface area (Å²) in [6, 6.07) is 12.3. The smallest absolute Gasteiger partial charge is 0.281 e. The number of hydrogen-bond donors (Lipinski definition) is 0. The van der Waals surface area contributed by atoms with Gasteiger partial charge in [0.15, 0.2) is 0 Å². The van der Waals surface area contributed by atoms with Gasteiger partial charge in [-0.25, -0.2) is 0 Å². The summed E-state index contributed by atoms with van der Waals surface area (Å²) in [5, 5.41) is 16.3. The van der Waals surface area contributed by atoms with Crippen LogP contribution in [0.1, 0.15) is 5.56 Å². The van der Waals surface area contributed by atoms with Crippen LogP contribution in [0, 0.1) is 5.21 Å². The quantitative estimate of drug-likeness (QED) is 0.392. The molecule has 0 saturated heterocycles. The molecule has 0 spiro atoms. The topological polar surface area (TPSA) is 38.4 Å². The van der Waals surface area contributed by atoms with E-state index in [4.69, 9.17) is 34.8 Å². The second kappa shape index (κ2) is 6.75. The second-order valence-electron chi connectivity index (χ2n) is 3.83. The molecule has 0 N–H and O–H groups in total. The summed E-state index contributed by atoms with van der Waals surface area (Å²) in [4.78, 5) is 0.362. The lowest BCUT2D eigenvalue weighted by Gasteiger charge is -2.03. The highest BCUT2D eigenvalue weighted by Crippen LogP contribution is 2.35. The molecule has 0 aliphatic rings. The maximum Gasteiger partial charge on any atom is 0.281 e. The lowest BCUT2D eigenvalue weighted by molar-refractivity contribution is -0.436. The summed E-state index contributed by atoms with van der Waals surface area (Å²) in [6.45, 7) is 0. The van der Waals surface area contributed by atoms with E-state index in [1.165, 1.54) is 18.3 Å². The minimum absolute atomic E-state index is 0.0652. The van der Waals surface area contributed by atoms with Crippen molar-refractivity contribution in [2.45, 2.75) is 0 Å². The van der Waals surface area contributed by atoms with Crippen molar-refractivity contribution in [3.63, 3.8) is 0 Å². The van der Waals surface area contributed by atoms with Crippen molar-refractivity contribution in [1.29, 1.82) is 0 Å². The standard InChI is InChI=1S/C14H9Cl3N2O/c15-11-8-12(16)14(13(17)9-11)19(20)18-7-6-10-4-2-1-3-5-10/h1-9H/b7-6+,19-18?. The summed E-state index contributed by atoms with van der Waals surface area (Å²) in [5.74, 6) is 0. The van der Waals surface area contributed by atoms with Crippen LogP contribution in [0.15, 0.2) is 53.8 Å². The van der Waals surface area contributed by atoms with E-state index in [2.05, 4.69) is 5.11 Å². The van der Waals surface area contributed by atoms with Crippen molar-refractivity contribution in [2.75, 3.05) is 0 Å². The molecule has 0 amide bonds. The Hall–Kier alpha value is -1.55. The molecular formula is C14H9Cl3N2O. The number of rotatable bonds is 3. The van der Waals surface area contributed by atoms with E-state index in [0.29, 0.717) is 9.88 Å². The second-order valence-corrected chi connectivity index (χ2v) is 5.08. The Morgan fingerprint density at radius 1 is 1.00 bits per heavy atom. The highest BCUT2D eigenvalue weighted by Gasteiger charge is 2.16. The summed E-state index contributed by atoms with van der Waals surface area (Å²) in [6.07, 6.45) is 3.08. The van der Waals surface area contributed by atoms with Crippen LogP contribution in [0.4, 0.5) is 5.69 Å². The first-order chi connectivity index (χ1) is 9.58. The number of azo groups is 1. The average Bonchev–Trinajstić information content (AvgIpc) is 2.38. The molecule has 0 aromatic heterocycles. The van der Waals surface area contributed by atoms with Gasteiger partial charge in [-0.2, -0.15) is 0 Å². The zero-order valence-corrected chi connectivity index (χ0v) is 12.4. The predicted octanol–water partition coefficient (Wildman–Crippen LogP) is 5.91. The number of nitrogens with zero attached hydrogens (tertiary/aromatic N) is 2. The maximum atomic E-state index is 11.9. The van der Waals surface area contributed by atoms with Crippen molar-refractivity contribution in [3.8, 4) is 0 Å². The number of halogens is 3. The van der Waals surface area contributed by atoms with E-state index in [0.717, 1.165) is 5.56 Å². The third kappa shape index (κ3) is 3.73. The van der Waals surface area contributed by atoms with E-state index < -0.39 is 0 Å². The van der Waals surface area contributed by atoms with Gasteiger partial charge in [-0.15, -0.1) is 0 Å². The van der Waals surface area contributed by atoms with Crippen LogP contribution in [0.25, 0.3) is 6.08 Å². The van der Waals surface area contributed by atoms with Crippen LogP contribution in [0.2, 0.25) is 15.1 Å². The molecule has 0 saturated carbocycles. The molecule has 0 atom stereocenters. The van der Waals surface area contributed by atoms with Crippen molar-refractivity contribution >= 4 is 46.6 Å².